The number of hydrogen-bond donors (Lipinski definition) is 21. The summed E-state index contributed by atoms with van der Waals surface area (Å²) < 4.78 is 14.2. The van der Waals surface area contributed by atoms with Gasteiger partial charge in [0.15, 0.2) is 132 Å². The molecule has 0 radical (unpaired) electrons. The molecule has 0 saturated heterocycles. The summed E-state index contributed by atoms with van der Waals surface area (Å²) in [7, 11) is 2.63. The van der Waals surface area contributed by atoms with E-state index in [4.69, 9.17) is 117 Å². The summed E-state index contributed by atoms with van der Waals surface area (Å²) in [5.74, 6) is -9.62. The molecule has 9 aromatic carbocycles. The van der Waals surface area contributed by atoms with E-state index in [1.54, 1.807) is 36.4 Å². The highest BCUT2D eigenvalue weighted by atomic mass is 16.5. The van der Waals surface area contributed by atoms with Gasteiger partial charge in [-0.1, -0.05) is 33.9 Å². The van der Waals surface area contributed by atoms with Crippen molar-refractivity contribution >= 4 is 58.5 Å². The highest BCUT2D eigenvalue weighted by Gasteiger charge is 2.18. The molecule has 0 heterocycles. The molecule has 0 amide bonds. The molecule has 614 valence electrons. The van der Waals surface area contributed by atoms with Gasteiger partial charge in [0.25, 0.3) is 0 Å². The fourth-order valence-electron chi connectivity index (χ4n) is 7.96. The van der Waals surface area contributed by atoms with Gasteiger partial charge in [-0.3, -0.25) is 33.6 Å². The number of carbonyl (C=O) groups is 9. The van der Waals surface area contributed by atoms with Gasteiger partial charge in [-0.05, 0) is 199 Å². The number of ketones is 7. The molecule has 9 rings (SSSR count). The van der Waals surface area contributed by atoms with E-state index < -0.39 is 80.9 Å². The van der Waals surface area contributed by atoms with Gasteiger partial charge in [0.1, 0.15) is 23.0 Å². The third-order valence-electron chi connectivity index (χ3n) is 13.9. The van der Waals surface area contributed by atoms with E-state index in [0.717, 1.165) is 48.5 Å². The molecule has 0 spiro atoms. The maximum absolute atomic E-state index is 11.3. The topological polar surface area (TPSA) is 606 Å². The zero-order chi connectivity index (χ0) is 85.7. The van der Waals surface area contributed by atoms with E-state index in [1.165, 1.54) is 129 Å². The molecule has 0 atom stereocenters. The molecule has 0 unspecified atom stereocenters. The van der Waals surface area contributed by atoms with Crippen LogP contribution in [0.1, 0.15) is 176 Å². The molecule has 0 aliphatic rings. The summed E-state index contributed by atoms with van der Waals surface area (Å²) in [5, 5.41) is 189. The highest BCUT2D eigenvalue weighted by molar-refractivity contribution is 5.98. The first-order valence-electron chi connectivity index (χ1n) is 32.1. The number of phenols is 19. The number of rotatable bonds is 15. The molecule has 21 N–H and O–H groups in total. The Kier molecular flexibility index (Phi) is 43.9. The molecule has 114 heavy (non-hydrogen) atoms. The van der Waals surface area contributed by atoms with E-state index in [2.05, 4.69) is 4.74 Å². The first-order valence-corrected chi connectivity index (χ1v) is 32.1. The number of aliphatic hydroxyl groups is 2. The van der Waals surface area contributed by atoms with Gasteiger partial charge in [-0.15, -0.1) is 0 Å². The SMILES string of the molecule is C.C.CC(=O)/C=C/c1ccc(O)c(O)c1.CC(=O)c1cc(O)c(O)c(O)c1.CC(=O)c1cc(O)c(O)c(O)c1.CC(=O)c1cc(O)cc(O)c1.CC(=O)c1ccc(O)c(O)c1.CC(=O)c1ccc(O)cc1.CCCOC(=O)c1cc(O)c(O)c(O)c1.COC(=O)c1cc(O)c(O)c(O)c1.COc1cc(C(C)=O)cc(CO)c1CO. The fourth-order valence-corrected chi connectivity index (χ4v) is 7.96. The highest BCUT2D eigenvalue weighted by Crippen LogP contribution is 2.39. The second-order valence-corrected chi connectivity index (χ2v) is 22.7. The molecular weight excluding hydrogens is 1500 g/mol. The minimum absolute atomic E-state index is 0. The van der Waals surface area contributed by atoms with E-state index in [-0.39, 0.29) is 138 Å². The zero-order valence-corrected chi connectivity index (χ0v) is 61.6. The Morgan fingerprint density at radius 3 is 0.965 bits per heavy atom. The van der Waals surface area contributed by atoms with Crippen LogP contribution in [0, 0.1) is 0 Å². The molecule has 0 saturated carbocycles. The number of ether oxygens (including phenoxy) is 3. The summed E-state index contributed by atoms with van der Waals surface area (Å²) in [4.78, 5) is 97.6. The molecule has 9 aromatic rings. The van der Waals surface area contributed by atoms with E-state index >= 15 is 0 Å². The lowest BCUT2D eigenvalue weighted by Crippen LogP contribution is -2.05. The average Bonchev–Trinajstić information content (AvgIpc) is 0.841. The molecule has 0 bridgehead atoms. The lowest BCUT2D eigenvalue weighted by atomic mass is 10.0. The van der Waals surface area contributed by atoms with Gasteiger partial charge in [0, 0.05) is 45.0 Å². The standard InChI is InChI=1S/C11H14O4.C10H12O5.C10H10O3.C8H8O5.2C8H8O4.2C8H8O3.C8H8O2.2CH4/c1-7(14)8-3-9(5-12)10(6-13)11(4-8)15-2;1-2-3-15-10(14)6-4-7(11)9(13)8(12)5-6;1-7(11)2-3-8-4-5-9(12)10(13)6-8;1-13-8(12)4-2-5(9)7(11)6(10)3-4;2*1-4(9)5-2-6(10)8(12)7(11)3-5;1-5(9)6-2-7(10)4-8(11)3-6;1-5(9)6-2-3-7(10)8(11)4-6;1-6(9)7-2-4-8(10)5-3-7;;/h3-4,12-13H,5-6H2,1-2H3;4-5,11-13H,2-3H2,1H3;2-6,12-13H,1H3;2-3,9-11H,1H3;2*2-3,10-12H,1H3;2*2-4,10-11H,1H3;2-5,10H,1H3;2*1H4/b;;3-2+;;;;;;;;. The summed E-state index contributed by atoms with van der Waals surface area (Å²) in [6, 6.07) is 29.9. The summed E-state index contributed by atoms with van der Waals surface area (Å²) in [6.45, 7) is 11.4. The third-order valence-corrected chi connectivity index (χ3v) is 13.9. The van der Waals surface area contributed by atoms with Crippen LogP contribution in [0.2, 0.25) is 0 Å². The van der Waals surface area contributed by atoms with Crippen LogP contribution in [0.25, 0.3) is 6.08 Å². The van der Waals surface area contributed by atoms with Crippen LogP contribution < -0.4 is 4.74 Å². The van der Waals surface area contributed by atoms with E-state index in [9.17, 15) is 43.2 Å². The summed E-state index contributed by atoms with van der Waals surface area (Å²) in [6.07, 6.45) is 3.65. The minimum atomic E-state index is -0.703. The smallest absolute Gasteiger partial charge is 0.338 e. The Bertz CT molecular complexity index is 4620. The second kappa shape index (κ2) is 49.3. The van der Waals surface area contributed by atoms with Gasteiger partial charge in [0.05, 0.1) is 45.2 Å². The number of carbonyl (C=O) groups excluding carboxylic acids is 9. The first-order chi connectivity index (χ1) is 52.3. The maximum atomic E-state index is 11.3. The van der Waals surface area contributed by atoms with Gasteiger partial charge >= 0.3 is 11.9 Å². The van der Waals surface area contributed by atoms with Crippen molar-refractivity contribution in [2.75, 3.05) is 20.8 Å². The number of Topliss-reactive ketones (excluding diaryl/α,β-unsaturated/α-hetero) is 6. The molecule has 0 aromatic heterocycles. The molecule has 33 heteroatoms. The summed E-state index contributed by atoms with van der Waals surface area (Å²) in [5.41, 5.74) is 3.77. The van der Waals surface area contributed by atoms with Gasteiger partial charge < -0.3 is 121 Å². The monoisotopic (exact) mass is 1590 g/mol. The maximum Gasteiger partial charge on any atom is 0.338 e. The van der Waals surface area contributed by atoms with Crippen molar-refractivity contribution in [2.24, 2.45) is 0 Å². The number of esters is 2. The Morgan fingerprint density at radius 2 is 0.649 bits per heavy atom. The fraction of sp³-hybridized carbons (Fsp3) is 0.198. The number of allylic oxidation sites excluding steroid dienone is 1. The quantitative estimate of drug-likeness (QED) is 0.0196. The molecule has 0 aliphatic carbocycles. The van der Waals surface area contributed by atoms with Crippen LogP contribution in [-0.4, -0.2) is 180 Å². The number of hydrogen-bond acceptors (Lipinski definition) is 33. The predicted octanol–water partition coefficient (Wildman–Crippen LogP) is 12.0. The average molecular weight is 1590 g/mol. The van der Waals surface area contributed by atoms with E-state index in [0.29, 0.717) is 51.1 Å². The molecule has 0 fully saturated rings. The summed E-state index contributed by atoms with van der Waals surface area (Å²) >= 11 is 0. The first kappa shape index (κ1) is 101. The normalized spacial score (nSPS) is 9.65. The predicted molar refractivity (Wildman–Crippen MR) is 413 cm³/mol. The molecule has 0 aliphatic heterocycles. The van der Waals surface area contributed by atoms with Crippen LogP contribution in [-0.2, 0) is 27.5 Å². The van der Waals surface area contributed by atoms with Crippen molar-refractivity contribution in [3.05, 3.63) is 207 Å². The zero-order valence-electron chi connectivity index (χ0n) is 61.6. The van der Waals surface area contributed by atoms with Gasteiger partial charge in [-0.25, -0.2) is 9.59 Å². The van der Waals surface area contributed by atoms with Crippen molar-refractivity contribution in [1.29, 1.82) is 0 Å². The Morgan fingerprint density at radius 1 is 0.325 bits per heavy atom. The van der Waals surface area contributed by atoms with Crippen LogP contribution >= 0.6 is 0 Å². The van der Waals surface area contributed by atoms with Crippen molar-refractivity contribution in [3.63, 3.8) is 0 Å². The van der Waals surface area contributed by atoms with Crippen molar-refractivity contribution in [1.82, 2.24) is 0 Å². The second-order valence-electron chi connectivity index (χ2n) is 22.7. The molecule has 33 nitrogen and oxygen atoms in total. The lowest BCUT2D eigenvalue weighted by molar-refractivity contribution is -0.112. The van der Waals surface area contributed by atoms with Crippen molar-refractivity contribution in [3.8, 4) is 115 Å². The minimum Gasteiger partial charge on any atom is -0.508 e. The number of phenolic OH excluding ortho intramolecular Hbond substituents is 19. The van der Waals surface area contributed by atoms with E-state index in [1.807, 2.05) is 6.92 Å². The molecular formula is C81H92O33. The van der Waals surface area contributed by atoms with Crippen LogP contribution in [0.3, 0.4) is 0 Å². The van der Waals surface area contributed by atoms with Crippen LogP contribution in [0.5, 0.6) is 115 Å². The number of aliphatic hydroxyl groups excluding tert-OH is 2. The van der Waals surface area contributed by atoms with Gasteiger partial charge in [-0.2, -0.15) is 0 Å². The van der Waals surface area contributed by atoms with Crippen LogP contribution in [0.4, 0.5) is 0 Å². The Balaban J connectivity index is 0. The Hall–Kier alpha value is -14.7. The largest absolute Gasteiger partial charge is 0.508 e. The number of aromatic hydroxyl groups is 19. The van der Waals surface area contributed by atoms with Crippen LogP contribution in [0.15, 0.2) is 146 Å². The van der Waals surface area contributed by atoms with Crippen molar-refractivity contribution in [2.45, 2.75) is 89.9 Å². The Labute approximate surface area is 653 Å². The number of methoxy groups -OCH3 is 2. The number of benzene rings is 9. The van der Waals surface area contributed by atoms with Crippen molar-refractivity contribution < 1.29 is 165 Å². The third kappa shape index (κ3) is 34.2. The lowest BCUT2D eigenvalue weighted by Gasteiger charge is -2.12. The van der Waals surface area contributed by atoms with Gasteiger partial charge in [0.2, 0.25) is 0 Å².